The quantitative estimate of drug-likeness (QED) is 0.267. The predicted octanol–water partition coefficient (Wildman–Crippen LogP) is 3.76. The number of carbonyl (C=O) groups is 2. The fraction of sp³-hybridized carbons (Fsp3) is 0.115. The second kappa shape index (κ2) is 11.6. The summed E-state index contributed by atoms with van der Waals surface area (Å²) >= 11 is 6.13. The third kappa shape index (κ3) is 6.38. The Labute approximate surface area is 234 Å². The van der Waals surface area contributed by atoms with Gasteiger partial charge >= 0.3 is 6.18 Å². The largest absolute Gasteiger partial charge is 0.452 e. The Morgan fingerprint density at radius 3 is 2.59 bits per heavy atom. The zero-order valence-electron chi connectivity index (χ0n) is 20.8. The lowest BCUT2D eigenvalue weighted by atomic mass is 10.0. The summed E-state index contributed by atoms with van der Waals surface area (Å²) in [6.07, 6.45) is 0.592. The molecule has 41 heavy (non-hydrogen) atoms. The molecule has 0 saturated heterocycles. The van der Waals surface area contributed by atoms with E-state index in [1.54, 1.807) is 48.5 Å². The first-order valence-electron chi connectivity index (χ1n) is 12.0. The average Bonchev–Trinajstić information content (AvgIpc) is 3.63. The van der Waals surface area contributed by atoms with Gasteiger partial charge in [-0.25, -0.2) is 0 Å². The molecule has 2 aromatic carbocycles. The standard InChI is InChI=1S/C26H19ClF3N9O2/c27-18-9-10-21(39-15-31-36-37-39)17(14-18)8-11-22(40)32-20(13-16-5-2-1-3-6-16)24(41)33-19-7-4-12-38-23(19)34-35-25(38)26(28,29)30/h1-12,14-15,20H,13H2,(H,32,40)(H,33,41). The Bertz CT molecular complexity index is 1720. The number of anilines is 1. The maximum atomic E-state index is 13.4. The van der Waals surface area contributed by atoms with Crippen LogP contribution < -0.4 is 10.6 Å². The molecule has 3 heterocycles. The molecule has 5 rings (SSSR count). The van der Waals surface area contributed by atoms with Gasteiger partial charge in [0.25, 0.3) is 0 Å². The molecular formula is C26H19ClF3N9O2. The van der Waals surface area contributed by atoms with Crippen molar-refractivity contribution < 1.29 is 22.8 Å². The number of nitrogens with zero attached hydrogens (tertiary/aromatic N) is 7. The van der Waals surface area contributed by atoms with Crippen molar-refractivity contribution in [3.63, 3.8) is 0 Å². The highest BCUT2D eigenvalue weighted by atomic mass is 35.5. The normalized spacial score (nSPS) is 12.5. The Morgan fingerprint density at radius 2 is 1.85 bits per heavy atom. The van der Waals surface area contributed by atoms with Crippen LogP contribution in [-0.4, -0.2) is 52.7 Å². The van der Waals surface area contributed by atoms with E-state index in [9.17, 15) is 22.8 Å². The first-order valence-corrected chi connectivity index (χ1v) is 12.3. The second-order valence-electron chi connectivity index (χ2n) is 8.67. The molecule has 2 N–H and O–H groups in total. The van der Waals surface area contributed by atoms with Gasteiger partial charge in [-0.1, -0.05) is 41.9 Å². The van der Waals surface area contributed by atoms with Crippen LogP contribution in [-0.2, 0) is 22.2 Å². The summed E-state index contributed by atoms with van der Waals surface area (Å²) in [7, 11) is 0. The molecule has 0 aliphatic carbocycles. The summed E-state index contributed by atoms with van der Waals surface area (Å²) in [5.74, 6) is -2.51. The third-order valence-corrected chi connectivity index (χ3v) is 6.10. The maximum Gasteiger partial charge on any atom is 0.452 e. The number of benzene rings is 2. The minimum atomic E-state index is -4.74. The van der Waals surface area contributed by atoms with E-state index >= 15 is 0 Å². The molecule has 11 nitrogen and oxygen atoms in total. The third-order valence-electron chi connectivity index (χ3n) is 5.86. The second-order valence-corrected chi connectivity index (χ2v) is 9.10. The Kier molecular flexibility index (Phi) is 7.74. The first-order chi connectivity index (χ1) is 19.7. The van der Waals surface area contributed by atoms with Crippen LogP contribution in [0.4, 0.5) is 18.9 Å². The van der Waals surface area contributed by atoms with Crippen molar-refractivity contribution in [2.45, 2.75) is 18.6 Å². The van der Waals surface area contributed by atoms with Crippen molar-refractivity contribution in [3.8, 4) is 5.69 Å². The molecule has 0 spiro atoms. The minimum absolute atomic E-state index is 0.00614. The molecule has 208 valence electrons. The van der Waals surface area contributed by atoms with Crippen LogP contribution in [0, 0.1) is 0 Å². The minimum Gasteiger partial charge on any atom is -0.340 e. The van der Waals surface area contributed by atoms with Crippen LogP contribution in [0.2, 0.25) is 5.02 Å². The van der Waals surface area contributed by atoms with Gasteiger partial charge in [-0.2, -0.15) is 17.9 Å². The fourth-order valence-electron chi connectivity index (χ4n) is 4.01. The van der Waals surface area contributed by atoms with Crippen LogP contribution in [0.3, 0.4) is 0 Å². The Balaban J connectivity index is 1.39. The van der Waals surface area contributed by atoms with E-state index in [-0.39, 0.29) is 17.8 Å². The van der Waals surface area contributed by atoms with E-state index < -0.39 is 29.9 Å². The summed E-state index contributed by atoms with van der Waals surface area (Å²) in [4.78, 5) is 26.3. The number of alkyl halides is 3. The van der Waals surface area contributed by atoms with Crippen molar-refractivity contribution in [2.75, 3.05) is 5.32 Å². The molecule has 0 bridgehead atoms. The number of amides is 2. The fourth-order valence-corrected chi connectivity index (χ4v) is 4.19. The molecule has 0 saturated carbocycles. The van der Waals surface area contributed by atoms with Crippen molar-refractivity contribution in [3.05, 3.63) is 101 Å². The summed E-state index contributed by atoms with van der Waals surface area (Å²) in [5.41, 5.74) is 1.62. The van der Waals surface area contributed by atoms with Crippen molar-refractivity contribution >= 4 is 40.8 Å². The van der Waals surface area contributed by atoms with E-state index in [4.69, 9.17) is 11.6 Å². The lowest BCUT2D eigenvalue weighted by molar-refractivity contribution is -0.145. The molecule has 15 heteroatoms. The van der Waals surface area contributed by atoms with Gasteiger partial charge in [0.1, 0.15) is 12.4 Å². The lowest BCUT2D eigenvalue weighted by Gasteiger charge is -2.18. The Morgan fingerprint density at radius 1 is 1.05 bits per heavy atom. The molecule has 0 radical (unpaired) electrons. The number of aromatic nitrogens is 7. The monoisotopic (exact) mass is 581 g/mol. The number of hydrogen-bond donors (Lipinski definition) is 2. The number of pyridine rings is 1. The number of nitrogens with one attached hydrogen (secondary N) is 2. The van der Waals surface area contributed by atoms with Gasteiger partial charge in [0.05, 0.1) is 11.4 Å². The first kappa shape index (κ1) is 27.5. The van der Waals surface area contributed by atoms with Gasteiger partial charge < -0.3 is 10.6 Å². The average molecular weight is 582 g/mol. The zero-order chi connectivity index (χ0) is 29.0. The van der Waals surface area contributed by atoms with Gasteiger partial charge in [0, 0.05) is 29.3 Å². The number of rotatable bonds is 8. The van der Waals surface area contributed by atoms with Gasteiger partial charge in [-0.05, 0) is 52.4 Å². The molecule has 2 amide bonds. The van der Waals surface area contributed by atoms with Gasteiger partial charge in [-0.3, -0.25) is 14.0 Å². The summed E-state index contributed by atoms with van der Waals surface area (Å²) in [6, 6.07) is 15.5. The topological polar surface area (TPSA) is 132 Å². The maximum absolute atomic E-state index is 13.4. The predicted molar refractivity (Wildman–Crippen MR) is 142 cm³/mol. The van der Waals surface area contributed by atoms with Crippen molar-refractivity contribution in [1.82, 2.24) is 40.1 Å². The molecule has 1 unspecified atom stereocenters. The summed E-state index contributed by atoms with van der Waals surface area (Å²) in [5, 5.41) is 23.5. The van der Waals surface area contributed by atoms with E-state index in [0.717, 1.165) is 16.2 Å². The summed E-state index contributed by atoms with van der Waals surface area (Å²) in [6.45, 7) is 0. The highest BCUT2D eigenvalue weighted by molar-refractivity contribution is 6.30. The van der Waals surface area contributed by atoms with Crippen LogP contribution in [0.15, 0.2) is 79.3 Å². The zero-order valence-corrected chi connectivity index (χ0v) is 21.6. The van der Waals surface area contributed by atoms with E-state index in [1.807, 2.05) is 0 Å². The molecule has 3 aromatic heterocycles. The van der Waals surface area contributed by atoms with E-state index in [0.29, 0.717) is 16.3 Å². The number of hydrogen-bond acceptors (Lipinski definition) is 7. The van der Waals surface area contributed by atoms with Gasteiger partial charge in [-0.15, -0.1) is 15.3 Å². The van der Waals surface area contributed by atoms with E-state index in [1.165, 1.54) is 35.3 Å². The van der Waals surface area contributed by atoms with E-state index in [2.05, 4.69) is 36.4 Å². The lowest BCUT2D eigenvalue weighted by Crippen LogP contribution is -2.44. The molecule has 0 aliphatic heterocycles. The molecule has 0 fully saturated rings. The number of halogens is 4. The number of fused-ring (bicyclic) bond motifs is 1. The van der Waals surface area contributed by atoms with Gasteiger partial charge in [0.15, 0.2) is 5.65 Å². The molecule has 1 atom stereocenters. The highest BCUT2D eigenvalue weighted by Gasteiger charge is 2.37. The molecule has 0 aliphatic rings. The number of tetrazole rings is 1. The van der Waals surface area contributed by atoms with Crippen LogP contribution in [0.25, 0.3) is 17.4 Å². The SMILES string of the molecule is O=C(C=Cc1cc(Cl)ccc1-n1cnnn1)NC(Cc1ccccc1)C(=O)Nc1cccn2c(C(F)(F)F)nnc12. The van der Waals surface area contributed by atoms with Crippen LogP contribution in [0.1, 0.15) is 17.0 Å². The van der Waals surface area contributed by atoms with Crippen molar-refractivity contribution in [2.24, 2.45) is 0 Å². The van der Waals surface area contributed by atoms with Crippen molar-refractivity contribution in [1.29, 1.82) is 0 Å². The highest BCUT2D eigenvalue weighted by Crippen LogP contribution is 2.29. The van der Waals surface area contributed by atoms with Crippen LogP contribution >= 0.6 is 11.6 Å². The smallest absolute Gasteiger partial charge is 0.340 e. The van der Waals surface area contributed by atoms with Gasteiger partial charge in [0.2, 0.25) is 17.6 Å². The molecular weight excluding hydrogens is 563 g/mol. The molecule has 5 aromatic rings. The number of carbonyl (C=O) groups excluding carboxylic acids is 2. The summed E-state index contributed by atoms with van der Waals surface area (Å²) < 4.78 is 42.0. The van der Waals surface area contributed by atoms with Crippen LogP contribution in [0.5, 0.6) is 0 Å². The Hall–Kier alpha value is -5.11.